The summed E-state index contributed by atoms with van der Waals surface area (Å²) in [6.45, 7) is 1.99. The molecule has 0 bridgehead atoms. The molecule has 0 aliphatic rings. The second-order valence-electron chi connectivity index (χ2n) is 4.93. The molecule has 0 saturated carbocycles. The van der Waals surface area contributed by atoms with Gasteiger partial charge in [0.2, 0.25) is 0 Å². The predicted octanol–water partition coefficient (Wildman–Crippen LogP) is 4.63. The van der Waals surface area contributed by atoms with E-state index < -0.39 is 0 Å². The molecule has 0 aliphatic carbocycles. The highest BCUT2D eigenvalue weighted by Gasteiger charge is 2.05. The smallest absolute Gasteiger partial charge is 0.110 e. The summed E-state index contributed by atoms with van der Waals surface area (Å²) in [5.41, 5.74) is 3.97. The number of benzene rings is 1. The molecule has 0 saturated heterocycles. The van der Waals surface area contributed by atoms with Gasteiger partial charge in [0, 0.05) is 29.0 Å². The van der Waals surface area contributed by atoms with Crippen molar-refractivity contribution in [2.45, 2.75) is 14.4 Å². The third-order valence-electron chi connectivity index (χ3n) is 3.59. The largest absolute Gasteiger partial charge is 0.472 e. The Kier molecular flexibility index (Phi) is 3.51. The van der Waals surface area contributed by atoms with Crippen LogP contribution in [0.25, 0.3) is 27.8 Å². The Morgan fingerprint density at radius 3 is 2.73 bits per heavy atom. The fraction of sp³-hybridized carbons (Fsp3) is 0.111. The van der Waals surface area contributed by atoms with Crippen LogP contribution in [0, 0.1) is 6.92 Å². The van der Waals surface area contributed by atoms with Gasteiger partial charge in [-0.3, -0.25) is 0 Å². The highest BCUT2D eigenvalue weighted by molar-refractivity contribution is 5.83. The minimum absolute atomic E-state index is 0. The van der Waals surface area contributed by atoms with Gasteiger partial charge in [-0.25, -0.2) is 9.97 Å². The molecular formula is C18H17N3O. The average molecular weight is 291 g/mol. The Labute approximate surface area is 129 Å². The van der Waals surface area contributed by atoms with E-state index in [4.69, 9.17) is 4.42 Å². The Morgan fingerprint density at radius 2 is 2.00 bits per heavy atom. The first kappa shape index (κ1) is 14.1. The van der Waals surface area contributed by atoms with Crippen LogP contribution < -0.4 is 0 Å². The Hall–Kier alpha value is -2.88. The molecule has 0 fully saturated rings. The zero-order valence-corrected chi connectivity index (χ0v) is 11.5. The lowest BCUT2D eigenvalue weighted by Gasteiger charge is -2.07. The first-order valence-electron chi connectivity index (χ1n) is 6.75. The summed E-state index contributed by atoms with van der Waals surface area (Å²) in [5.74, 6) is 0.970. The molecule has 4 aromatic rings. The van der Waals surface area contributed by atoms with Crippen molar-refractivity contribution in [3.63, 3.8) is 0 Å². The summed E-state index contributed by atoms with van der Waals surface area (Å²) < 4.78 is 7.17. The van der Waals surface area contributed by atoms with Gasteiger partial charge in [0.15, 0.2) is 0 Å². The summed E-state index contributed by atoms with van der Waals surface area (Å²) in [6, 6.07) is 12.2. The van der Waals surface area contributed by atoms with Gasteiger partial charge in [0.05, 0.1) is 23.7 Å². The van der Waals surface area contributed by atoms with E-state index in [1.165, 1.54) is 0 Å². The number of nitrogens with zero attached hydrogens (tertiary/aromatic N) is 3. The second-order valence-corrected chi connectivity index (χ2v) is 4.93. The van der Waals surface area contributed by atoms with Crippen LogP contribution in [0.4, 0.5) is 0 Å². The molecule has 4 rings (SSSR count). The quantitative estimate of drug-likeness (QED) is 0.541. The minimum Gasteiger partial charge on any atom is -0.472 e. The molecule has 1 aromatic carbocycles. The standard InChI is InChI=1S/C17H13N3O.CH4/c1-12-18-7-8-20(12)15-3-5-16-13(10-15)2-4-17(19-16)14-6-9-21-11-14;/h2-11H,1H3;1H4. The first-order valence-corrected chi connectivity index (χ1v) is 6.75. The van der Waals surface area contributed by atoms with Gasteiger partial charge in [0.1, 0.15) is 5.82 Å². The molecule has 4 heteroatoms. The van der Waals surface area contributed by atoms with Gasteiger partial charge in [0.25, 0.3) is 0 Å². The van der Waals surface area contributed by atoms with Crippen LogP contribution in [0.15, 0.2) is 65.7 Å². The molecule has 0 spiro atoms. The Bertz CT molecular complexity index is 907. The van der Waals surface area contributed by atoms with E-state index in [0.29, 0.717) is 0 Å². The van der Waals surface area contributed by atoms with Crippen LogP contribution in [0.2, 0.25) is 0 Å². The van der Waals surface area contributed by atoms with Crippen LogP contribution >= 0.6 is 0 Å². The fourth-order valence-corrected chi connectivity index (χ4v) is 2.48. The Morgan fingerprint density at radius 1 is 1.09 bits per heavy atom. The number of hydrogen-bond donors (Lipinski definition) is 0. The zero-order chi connectivity index (χ0) is 14.2. The maximum absolute atomic E-state index is 5.11. The van der Waals surface area contributed by atoms with Crippen molar-refractivity contribution in [1.82, 2.24) is 14.5 Å². The summed E-state index contributed by atoms with van der Waals surface area (Å²) >= 11 is 0. The molecule has 0 aliphatic heterocycles. The lowest BCUT2D eigenvalue weighted by Crippen LogP contribution is -1.95. The summed E-state index contributed by atoms with van der Waals surface area (Å²) in [6.07, 6.45) is 7.13. The summed E-state index contributed by atoms with van der Waals surface area (Å²) in [7, 11) is 0. The minimum atomic E-state index is 0. The van der Waals surface area contributed by atoms with Gasteiger partial charge in [-0.2, -0.15) is 0 Å². The van der Waals surface area contributed by atoms with Gasteiger partial charge in [-0.05, 0) is 37.3 Å². The molecule has 3 heterocycles. The topological polar surface area (TPSA) is 43.9 Å². The molecule has 3 aromatic heterocycles. The summed E-state index contributed by atoms with van der Waals surface area (Å²) in [4.78, 5) is 8.94. The molecule has 0 atom stereocenters. The van der Waals surface area contributed by atoms with E-state index in [-0.39, 0.29) is 7.43 Å². The SMILES string of the molecule is C.Cc1nccn1-c1ccc2nc(-c3ccoc3)ccc2c1. The summed E-state index contributed by atoms with van der Waals surface area (Å²) in [5, 5.41) is 1.10. The van der Waals surface area contributed by atoms with Crippen molar-refractivity contribution < 1.29 is 4.42 Å². The average Bonchev–Trinajstić information content (AvgIpc) is 3.17. The molecule has 0 amide bonds. The Balaban J connectivity index is 0.00000144. The van der Waals surface area contributed by atoms with Crippen molar-refractivity contribution in [1.29, 1.82) is 0 Å². The molecule has 0 radical (unpaired) electrons. The molecule has 110 valence electrons. The second kappa shape index (κ2) is 5.48. The normalized spacial score (nSPS) is 10.6. The number of furan rings is 1. The zero-order valence-electron chi connectivity index (χ0n) is 11.5. The van der Waals surface area contributed by atoms with Crippen molar-refractivity contribution in [3.8, 4) is 16.9 Å². The van der Waals surface area contributed by atoms with Crippen LogP contribution in [-0.2, 0) is 0 Å². The van der Waals surface area contributed by atoms with Gasteiger partial charge in [-0.1, -0.05) is 13.5 Å². The van der Waals surface area contributed by atoms with E-state index in [9.17, 15) is 0 Å². The maximum atomic E-state index is 5.11. The monoisotopic (exact) mass is 291 g/mol. The van der Waals surface area contributed by atoms with Crippen LogP contribution in [-0.4, -0.2) is 14.5 Å². The molecule has 0 unspecified atom stereocenters. The van der Waals surface area contributed by atoms with E-state index >= 15 is 0 Å². The number of aromatic nitrogens is 3. The number of fused-ring (bicyclic) bond motifs is 1. The third kappa shape index (κ3) is 2.29. The van der Waals surface area contributed by atoms with E-state index in [0.717, 1.165) is 33.7 Å². The number of rotatable bonds is 2. The highest BCUT2D eigenvalue weighted by atomic mass is 16.3. The van der Waals surface area contributed by atoms with Gasteiger partial charge >= 0.3 is 0 Å². The number of aryl methyl sites for hydroxylation is 1. The number of pyridine rings is 1. The molecule has 22 heavy (non-hydrogen) atoms. The number of imidazole rings is 1. The van der Waals surface area contributed by atoms with Gasteiger partial charge in [-0.15, -0.1) is 0 Å². The molecule has 4 nitrogen and oxygen atoms in total. The van der Waals surface area contributed by atoms with Crippen molar-refractivity contribution in [2.24, 2.45) is 0 Å². The van der Waals surface area contributed by atoms with Crippen LogP contribution in [0.5, 0.6) is 0 Å². The van der Waals surface area contributed by atoms with Gasteiger partial charge < -0.3 is 8.98 Å². The van der Waals surface area contributed by atoms with Crippen molar-refractivity contribution in [3.05, 3.63) is 67.1 Å². The third-order valence-corrected chi connectivity index (χ3v) is 3.59. The lowest BCUT2D eigenvalue weighted by molar-refractivity contribution is 0.568. The predicted molar refractivity (Wildman–Crippen MR) is 88.0 cm³/mol. The molecule has 0 N–H and O–H groups in total. The molecular weight excluding hydrogens is 274 g/mol. The van der Waals surface area contributed by atoms with Crippen molar-refractivity contribution in [2.75, 3.05) is 0 Å². The fourth-order valence-electron chi connectivity index (χ4n) is 2.48. The van der Waals surface area contributed by atoms with E-state index in [1.807, 2.05) is 31.3 Å². The van der Waals surface area contributed by atoms with Crippen molar-refractivity contribution >= 4 is 10.9 Å². The first-order chi connectivity index (χ1) is 10.3. The van der Waals surface area contributed by atoms with E-state index in [2.05, 4.69) is 32.7 Å². The number of hydrogen-bond acceptors (Lipinski definition) is 3. The maximum Gasteiger partial charge on any atom is 0.110 e. The lowest BCUT2D eigenvalue weighted by atomic mass is 10.1. The van der Waals surface area contributed by atoms with Crippen LogP contribution in [0.1, 0.15) is 13.3 Å². The van der Waals surface area contributed by atoms with E-state index in [1.54, 1.807) is 18.7 Å². The highest BCUT2D eigenvalue weighted by Crippen LogP contribution is 2.23. The van der Waals surface area contributed by atoms with Crippen LogP contribution in [0.3, 0.4) is 0 Å².